The average molecular weight is 256 g/mol. The van der Waals surface area contributed by atoms with Crippen molar-refractivity contribution in [1.29, 1.82) is 0 Å². The Morgan fingerprint density at radius 1 is 1.29 bits per heavy atom. The number of anilines is 1. The Kier molecular flexibility index (Phi) is 3.58. The van der Waals surface area contributed by atoms with Crippen molar-refractivity contribution in [3.63, 3.8) is 0 Å². The number of sulfone groups is 1. The summed E-state index contributed by atoms with van der Waals surface area (Å²) in [6.45, 7) is 1.51. The van der Waals surface area contributed by atoms with E-state index in [2.05, 4.69) is 9.97 Å². The predicted molar refractivity (Wildman–Crippen MR) is 65.4 cm³/mol. The van der Waals surface area contributed by atoms with Crippen LogP contribution in [0.1, 0.15) is 12.1 Å². The topological polar surface area (TPSA) is 89.2 Å². The van der Waals surface area contributed by atoms with E-state index in [1.165, 1.54) is 0 Å². The molecule has 0 amide bonds. The van der Waals surface area contributed by atoms with Crippen LogP contribution in [-0.2, 0) is 16.4 Å². The molecule has 2 N–H and O–H groups in total. The third-order valence-electron chi connectivity index (χ3n) is 2.76. The van der Waals surface area contributed by atoms with Crippen LogP contribution in [0.25, 0.3) is 0 Å². The van der Waals surface area contributed by atoms with E-state index in [1.54, 1.807) is 12.4 Å². The van der Waals surface area contributed by atoms with Crippen LogP contribution in [0.3, 0.4) is 0 Å². The lowest BCUT2D eigenvalue weighted by Crippen LogP contribution is -2.28. The van der Waals surface area contributed by atoms with E-state index in [1.807, 2.05) is 4.90 Å². The Morgan fingerprint density at radius 3 is 2.88 bits per heavy atom. The molecule has 1 aliphatic heterocycles. The molecule has 0 aliphatic carbocycles. The maximum atomic E-state index is 11.5. The second kappa shape index (κ2) is 4.97. The lowest BCUT2D eigenvalue weighted by molar-refractivity contribution is 0.597. The smallest absolute Gasteiger partial charge is 0.152 e. The van der Waals surface area contributed by atoms with E-state index in [9.17, 15) is 8.42 Å². The van der Waals surface area contributed by atoms with E-state index in [0.29, 0.717) is 31.9 Å². The van der Waals surface area contributed by atoms with Gasteiger partial charge >= 0.3 is 0 Å². The van der Waals surface area contributed by atoms with Crippen molar-refractivity contribution in [3.05, 3.63) is 18.1 Å². The highest BCUT2D eigenvalue weighted by atomic mass is 32.2. The van der Waals surface area contributed by atoms with Gasteiger partial charge in [0.05, 0.1) is 23.4 Å². The lowest BCUT2D eigenvalue weighted by Gasteiger charge is -2.20. The molecule has 0 saturated carbocycles. The van der Waals surface area contributed by atoms with Crippen molar-refractivity contribution in [2.75, 3.05) is 29.5 Å². The highest BCUT2D eigenvalue weighted by Crippen LogP contribution is 2.13. The van der Waals surface area contributed by atoms with Gasteiger partial charge < -0.3 is 10.6 Å². The zero-order chi connectivity index (χ0) is 12.3. The average Bonchev–Trinajstić information content (AvgIpc) is 2.50. The van der Waals surface area contributed by atoms with Crippen molar-refractivity contribution in [2.24, 2.45) is 5.73 Å². The van der Waals surface area contributed by atoms with Gasteiger partial charge in [-0.1, -0.05) is 0 Å². The number of nitrogens with two attached hydrogens (primary N) is 1. The van der Waals surface area contributed by atoms with Crippen molar-refractivity contribution in [3.8, 4) is 0 Å². The van der Waals surface area contributed by atoms with Crippen LogP contribution in [0.2, 0.25) is 0 Å². The maximum absolute atomic E-state index is 11.5. The zero-order valence-electron chi connectivity index (χ0n) is 9.54. The van der Waals surface area contributed by atoms with E-state index in [4.69, 9.17) is 5.73 Å². The lowest BCUT2D eigenvalue weighted by atomic mass is 10.4. The molecule has 0 atom stereocenters. The molecule has 2 heterocycles. The molecule has 1 aliphatic rings. The summed E-state index contributed by atoms with van der Waals surface area (Å²) in [7, 11) is -2.89. The minimum Gasteiger partial charge on any atom is -0.354 e. The molecular formula is C10H16N4O2S. The number of aromatic nitrogens is 2. The predicted octanol–water partition coefficient (Wildman–Crippen LogP) is -0.440. The van der Waals surface area contributed by atoms with Crippen molar-refractivity contribution < 1.29 is 8.42 Å². The van der Waals surface area contributed by atoms with Gasteiger partial charge in [0, 0.05) is 25.8 Å². The second-order valence-electron chi connectivity index (χ2n) is 4.07. The molecule has 0 bridgehead atoms. The van der Waals surface area contributed by atoms with Gasteiger partial charge in [0.1, 0.15) is 5.82 Å². The van der Waals surface area contributed by atoms with E-state index in [0.717, 1.165) is 5.69 Å². The number of nitrogens with zero attached hydrogens (tertiary/aromatic N) is 3. The summed E-state index contributed by atoms with van der Waals surface area (Å²) in [5.41, 5.74) is 6.22. The molecule has 6 nitrogen and oxygen atoms in total. The summed E-state index contributed by atoms with van der Waals surface area (Å²) in [5.74, 6) is 1.15. The van der Waals surface area contributed by atoms with Crippen molar-refractivity contribution in [2.45, 2.75) is 13.0 Å². The molecule has 0 spiro atoms. The van der Waals surface area contributed by atoms with Gasteiger partial charge in [-0.3, -0.25) is 4.98 Å². The van der Waals surface area contributed by atoms with Crippen molar-refractivity contribution >= 4 is 15.7 Å². The van der Waals surface area contributed by atoms with Crippen molar-refractivity contribution in [1.82, 2.24) is 9.97 Å². The number of hydrogen-bond acceptors (Lipinski definition) is 6. The summed E-state index contributed by atoms with van der Waals surface area (Å²) < 4.78 is 23.0. The molecule has 0 aromatic carbocycles. The first-order valence-corrected chi connectivity index (χ1v) is 7.39. The van der Waals surface area contributed by atoms with Crippen LogP contribution >= 0.6 is 0 Å². The molecule has 1 fully saturated rings. The van der Waals surface area contributed by atoms with Gasteiger partial charge in [-0.05, 0) is 6.42 Å². The molecule has 1 saturated heterocycles. The molecule has 1 aromatic heterocycles. The summed E-state index contributed by atoms with van der Waals surface area (Å²) in [6, 6.07) is 0. The molecule has 0 radical (unpaired) electrons. The maximum Gasteiger partial charge on any atom is 0.152 e. The number of hydrogen-bond donors (Lipinski definition) is 1. The minimum atomic E-state index is -2.89. The Morgan fingerprint density at radius 2 is 2.12 bits per heavy atom. The van der Waals surface area contributed by atoms with Crippen LogP contribution in [0.4, 0.5) is 5.82 Å². The highest BCUT2D eigenvalue weighted by molar-refractivity contribution is 7.91. The largest absolute Gasteiger partial charge is 0.354 e. The first kappa shape index (κ1) is 12.3. The molecule has 17 heavy (non-hydrogen) atoms. The Hall–Kier alpha value is -1.21. The Bertz CT molecular complexity index is 489. The Balaban J connectivity index is 2.16. The molecule has 7 heteroatoms. The fraction of sp³-hybridized carbons (Fsp3) is 0.600. The molecule has 94 valence electrons. The first-order valence-electron chi connectivity index (χ1n) is 5.57. The van der Waals surface area contributed by atoms with Gasteiger partial charge in [-0.2, -0.15) is 0 Å². The van der Waals surface area contributed by atoms with Gasteiger partial charge in [0.15, 0.2) is 9.84 Å². The fourth-order valence-electron chi connectivity index (χ4n) is 1.81. The third kappa shape index (κ3) is 3.13. The van der Waals surface area contributed by atoms with Gasteiger partial charge in [-0.25, -0.2) is 13.4 Å². The normalized spacial score (nSPS) is 19.9. The summed E-state index contributed by atoms with van der Waals surface area (Å²) >= 11 is 0. The zero-order valence-corrected chi connectivity index (χ0v) is 10.4. The molecule has 2 rings (SSSR count). The molecule has 1 aromatic rings. The third-order valence-corrected chi connectivity index (χ3v) is 4.48. The quantitative estimate of drug-likeness (QED) is 0.771. The SMILES string of the molecule is NCc1cncc(N2CCCS(=O)(=O)CC2)n1. The second-order valence-corrected chi connectivity index (χ2v) is 6.37. The van der Waals surface area contributed by atoms with Crippen LogP contribution in [-0.4, -0.2) is 43.0 Å². The van der Waals surface area contributed by atoms with Gasteiger partial charge in [0.25, 0.3) is 0 Å². The van der Waals surface area contributed by atoms with Crippen LogP contribution < -0.4 is 10.6 Å². The van der Waals surface area contributed by atoms with Gasteiger partial charge in [-0.15, -0.1) is 0 Å². The van der Waals surface area contributed by atoms with E-state index >= 15 is 0 Å². The standard InChI is InChI=1S/C10H16N4O2S/c11-6-9-7-12-8-10(13-9)14-2-1-4-17(15,16)5-3-14/h7-8H,1-6,11H2. The summed E-state index contributed by atoms with van der Waals surface area (Å²) in [4.78, 5) is 10.4. The van der Waals surface area contributed by atoms with E-state index in [-0.39, 0.29) is 11.5 Å². The van der Waals surface area contributed by atoms with Gasteiger partial charge in [0.2, 0.25) is 0 Å². The van der Waals surface area contributed by atoms with Crippen LogP contribution in [0.5, 0.6) is 0 Å². The number of rotatable bonds is 2. The monoisotopic (exact) mass is 256 g/mol. The van der Waals surface area contributed by atoms with Crippen LogP contribution in [0.15, 0.2) is 12.4 Å². The summed E-state index contributed by atoms with van der Waals surface area (Å²) in [6.07, 6.45) is 3.91. The highest BCUT2D eigenvalue weighted by Gasteiger charge is 2.20. The minimum absolute atomic E-state index is 0.182. The van der Waals surface area contributed by atoms with Crippen LogP contribution in [0, 0.1) is 0 Å². The fourth-order valence-corrected chi connectivity index (χ4v) is 3.08. The summed E-state index contributed by atoms with van der Waals surface area (Å²) in [5, 5.41) is 0. The molecular weight excluding hydrogens is 240 g/mol. The van der Waals surface area contributed by atoms with E-state index < -0.39 is 9.84 Å². The molecule has 0 unspecified atom stereocenters. The Labute approximate surface area is 101 Å². The first-order chi connectivity index (χ1) is 8.11.